The van der Waals surface area contributed by atoms with Crippen LogP contribution in [-0.2, 0) is 0 Å². The molecule has 0 aromatic rings. The Morgan fingerprint density at radius 3 is 2.65 bits per heavy atom. The normalized spacial score (nSPS) is 58.0. The van der Waals surface area contributed by atoms with E-state index < -0.39 is 18.4 Å². The van der Waals surface area contributed by atoms with E-state index in [-0.39, 0.29) is 5.92 Å². The molecular formula is C20H29FO2. The molecule has 2 nitrogen and oxygen atoms in total. The summed E-state index contributed by atoms with van der Waals surface area (Å²) in [5.74, 6) is 3.61. The summed E-state index contributed by atoms with van der Waals surface area (Å²) in [6.07, 6.45) is 8.72. The molecule has 4 saturated carbocycles. The molecule has 5 rings (SSSR count). The Labute approximate surface area is 138 Å². The van der Waals surface area contributed by atoms with Crippen LogP contribution in [0.5, 0.6) is 0 Å². The second-order valence-corrected chi connectivity index (χ2v) is 9.04. The lowest BCUT2D eigenvalue weighted by molar-refractivity contribution is -0.123. The van der Waals surface area contributed by atoms with E-state index in [1.54, 1.807) is 0 Å². The summed E-state index contributed by atoms with van der Waals surface area (Å²) in [6, 6.07) is 0. The summed E-state index contributed by atoms with van der Waals surface area (Å²) in [7, 11) is 0. The summed E-state index contributed by atoms with van der Waals surface area (Å²) in [5.41, 5.74) is 1.42. The highest BCUT2D eigenvalue weighted by Gasteiger charge is 2.57. The fraction of sp³-hybridized carbons (Fsp3) is 0.900. The third-order valence-electron chi connectivity index (χ3n) is 8.31. The lowest BCUT2D eigenvalue weighted by Crippen LogP contribution is -2.57. The second-order valence-electron chi connectivity index (χ2n) is 9.04. The topological polar surface area (TPSA) is 40.5 Å². The Bertz CT molecular complexity index is 518. The molecule has 0 aromatic heterocycles. The highest BCUT2D eigenvalue weighted by atomic mass is 19.1. The number of aliphatic hydroxyl groups is 2. The van der Waals surface area contributed by atoms with Crippen molar-refractivity contribution in [3.63, 3.8) is 0 Å². The third kappa shape index (κ3) is 2.05. The zero-order valence-corrected chi connectivity index (χ0v) is 13.8. The molecule has 0 aliphatic heterocycles. The lowest BCUT2D eigenvalue weighted by Gasteiger charge is -2.60. The van der Waals surface area contributed by atoms with Crippen molar-refractivity contribution in [2.45, 2.75) is 69.7 Å². The predicted molar refractivity (Wildman–Crippen MR) is 86.4 cm³/mol. The van der Waals surface area contributed by atoms with E-state index in [9.17, 15) is 14.6 Å². The maximum Gasteiger partial charge on any atom is 0.103 e. The molecule has 0 radical (unpaired) electrons. The smallest absolute Gasteiger partial charge is 0.103 e. The van der Waals surface area contributed by atoms with Crippen molar-refractivity contribution in [2.24, 2.45) is 41.4 Å². The highest BCUT2D eigenvalue weighted by molar-refractivity contribution is 5.24. The van der Waals surface area contributed by atoms with Crippen LogP contribution in [0.25, 0.3) is 0 Å². The van der Waals surface area contributed by atoms with Gasteiger partial charge in [0.15, 0.2) is 0 Å². The van der Waals surface area contributed by atoms with Crippen LogP contribution in [0, 0.1) is 41.4 Å². The molecule has 0 bridgehead atoms. The van der Waals surface area contributed by atoms with Gasteiger partial charge in [0.2, 0.25) is 0 Å². The molecule has 128 valence electrons. The molecule has 10 atom stereocenters. The van der Waals surface area contributed by atoms with Crippen molar-refractivity contribution < 1.29 is 14.6 Å². The molecule has 5 aliphatic rings. The average Bonchev–Trinajstić information content (AvgIpc) is 2.56. The quantitative estimate of drug-likeness (QED) is 0.671. The fourth-order valence-corrected chi connectivity index (χ4v) is 7.56. The number of rotatable bonds is 0. The number of aliphatic hydroxyl groups excluding tert-OH is 2. The van der Waals surface area contributed by atoms with Gasteiger partial charge in [-0.05, 0) is 86.4 Å². The summed E-state index contributed by atoms with van der Waals surface area (Å²) in [5, 5.41) is 20.7. The molecule has 0 aromatic carbocycles. The SMILES string of the molecule is OC1C=C2CCC3C4CCCC(F)C4CC4CCC(C1O)C2C43. The largest absolute Gasteiger partial charge is 0.390 e. The van der Waals surface area contributed by atoms with Crippen molar-refractivity contribution in [3.8, 4) is 0 Å². The van der Waals surface area contributed by atoms with E-state index in [1.807, 2.05) is 6.08 Å². The summed E-state index contributed by atoms with van der Waals surface area (Å²) >= 11 is 0. The molecule has 10 unspecified atom stereocenters. The standard InChI is InChI=1S/C20H29FO2/c21-16-3-1-2-12-13-6-4-11-9-17(22)20(23)14-7-5-10(8-15(12)16)18(13)19(11)14/h9-10,12-20,22-23H,1-8H2. The number of alkyl halides is 1. The van der Waals surface area contributed by atoms with Crippen LogP contribution in [-0.4, -0.2) is 28.6 Å². The van der Waals surface area contributed by atoms with Crippen LogP contribution in [0.4, 0.5) is 4.39 Å². The molecule has 0 heterocycles. The molecule has 4 fully saturated rings. The first kappa shape index (κ1) is 14.9. The number of hydrogen-bond acceptors (Lipinski definition) is 2. The Morgan fingerprint density at radius 1 is 0.913 bits per heavy atom. The van der Waals surface area contributed by atoms with E-state index in [0.717, 1.165) is 38.5 Å². The summed E-state index contributed by atoms with van der Waals surface area (Å²) < 4.78 is 14.6. The number of halogens is 1. The molecule has 0 saturated heterocycles. The molecule has 0 spiro atoms. The Hall–Kier alpha value is -0.410. The number of hydrogen-bond donors (Lipinski definition) is 2. The summed E-state index contributed by atoms with van der Waals surface area (Å²) in [6.45, 7) is 0. The van der Waals surface area contributed by atoms with Gasteiger partial charge in [-0.1, -0.05) is 18.1 Å². The van der Waals surface area contributed by atoms with E-state index in [2.05, 4.69) is 0 Å². The predicted octanol–water partition coefficient (Wildman–Crippen LogP) is 3.47. The first-order chi connectivity index (χ1) is 11.1. The minimum Gasteiger partial charge on any atom is -0.390 e. The highest BCUT2D eigenvalue weighted by Crippen LogP contribution is 2.62. The lowest BCUT2D eigenvalue weighted by atomic mass is 9.45. The zero-order chi connectivity index (χ0) is 15.7. The maximum atomic E-state index is 14.6. The van der Waals surface area contributed by atoms with Gasteiger partial charge in [-0.25, -0.2) is 4.39 Å². The van der Waals surface area contributed by atoms with Crippen LogP contribution < -0.4 is 0 Å². The first-order valence-corrected chi connectivity index (χ1v) is 9.86. The van der Waals surface area contributed by atoms with Crippen LogP contribution >= 0.6 is 0 Å². The van der Waals surface area contributed by atoms with Gasteiger partial charge in [0.25, 0.3) is 0 Å². The molecule has 0 amide bonds. The van der Waals surface area contributed by atoms with Gasteiger partial charge < -0.3 is 10.2 Å². The molecular weight excluding hydrogens is 291 g/mol. The molecule has 3 heteroatoms. The zero-order valence-electron chi connectivity index (χ0n) is 13.8. The van der Waals surface area contributed by atoms with E-state index >= 15 is 0 Å². The van der Waals surface area contributed by atoms with Gasteiger partial charge in [-0.2, -0.15) is 0 Å². The Morgan fingerprint density at radius 2 is 1.78 bits per heavy atom. The van der Waals surface area contributed by atoms with Gasteiger partial charge >= 0.3 is 0 Å². The van der Waals surface area contributed by atoms with Crippen molar-refractivity contribution in [1.82, 2.24) is 0 Å². The van der Waals surface area contributed by atoms with Crippen LogP contribution in [0.2, 0.25) is 0 Å². The van der Waals surface area contributed by atoms with Crippen LogP contribution in [0.1, 0.15) is 51.4 Å². The van der Waals surface area contributed by atoms with Crippen LogP contribution in [0.3, 0.4) is 0 Å². The van der Waals surface area contributed by atoms with Gasteiger partial charge in [-0.3, -0.25) is 0 Å². The minimum atomic E-state index is -0.666. The average molecular weight is 320 g/mol. The van der Waals surface area contributed by atoms with Gasteiger partial charge in [-0.15, -0.1) is 0 Å². The Balaban J connectivity index is 1.52. The molecule has 23 heavy (non-hydrogen) atoms. The number of fused-ring (bicyclic) bond motifs is 2. The van der Waals surface area contributed by atoms with E-state index in [4.69, 9.17) is 0 Å². The maximum absolute atomic E-state index is 14.6. The van der Waals surface area contributed by atoms with Gasteiger partial charge in [0.05, 0.1) is 12.2 Å². The number of allylic oxidation sites excluding steroid dienone is 1. The molecule has 5 aliphatic carbocycles. The monoisotopic (exact) mass is 320 g/mol. The van der Waals surface area contributed by atoms with Gasteiger partial charge in [0, 0.05) is 0 Å². The van der Waals surface area contributed by atoms with Crippen LogP contribution in [0.15, 0.2) is 11.6 Å². The first-order valence-electron chi connectivity index (χ1n) is 9.86. The third-order valence-corrected chi connectivity index (χ3v) is 8.31. The van der Waals surface area contributed by atoms with Crippen molar-refractivity contribution in [3.05, 3.63) is 11.6 Å². The van der Waals surface area contributed by atoms with E-state index in [1.165, 1.54) is 18.4 Å². The van der Waals surface area contributed by atoms with E-state index in [0.29, 0.717) is 35.5 Å². The Kier molecular flexibility index (Phi) is 3.43. The second kappa shape index (κ2) is 5.29. The van der Waals surface area contributed by atoms with Crippen molar-refractivity contribution in [1.29, 1.82) is 0 Å². The fourth-order valence-electron chi connectivity index (χ4n) is 7.56. The van der Waals surface area contributed by atoms with Crippen molar-refractivity contribution >= 4 is 0 Å². The summed E-state index contributed by atoms with van der Waals surface area (Å²) in [4.78, 5) is 0. The van der Waals surface area contributed by atoms with Gasteiger partial charge in [0.1, 0.15) is 6.17 Å². The van der Waals surface area contributed by atoms with Crippen molar-refractivity contribution in [2.75, 3.05) is 0 Å². The molecule has 2 N–H and O–H groups in total. The minimum absolute atomic E-state index is 0.246.